The maximum Gasteiger partial charge on any atom is 0.271 e. The predicted molar refractivity (Wildman–Crippen MR) is 100 cm³/mol. The Morgan fingerprint density at radius 2 is 2.07 bits per heavy atom. The Labute approximate surface area is 157 Å². The SMILES string of the molecule is COCc1c(C(=O)Nc2cc([N+](=O)[O-])ccc2OC)sc2cccc(F)c12. The van der Waals surface area contributed by atoms with Crippen LogP contribution in [-0.2, 0) is 11.3 Å². The highest BCUT2D eigenvalue weighted by molar-refractivity contribution is 7.21. The zero-order chi connectivity index (χ0) is 19.6. The van der Waals surface area contributed by atoms with Crippen LogP contribution in [0, 0.1) is 15.9 Å². The summed E-state index contributed by atoms with van der Waals surface area (Å²) < 4.78 is 25.2. The van der Waals surface area contributed by atoms with Gasteiger partial charge < -0.3 is 14.8 Å². The van der Waals surface area contributed by atoms with Gasteiger partial charge in [0, 0.05) is 34.9 Å². The number of hydrogen-bond donors (Lipinski definition) is 1. The summed E-state index contributed by atoms with van der Waals surface area (Å²) in [6.07, 6.45) is 0. The summed E-state index contributed by atoms with van der Waals surface area (Å²) in [5.41, 5.74) is 0.390. The number of carbonyl (C=O) groups excluding carboxylic acids is 1. The van der Waals surface area contributed by atoms with E-state index in [0.717, 1.165) is 11.3 Å². The highest BCUT2D eigenvalue weighted by atomic mass is 32.1. The molecule has 0 bridgehead atoms. The molecule has 0 unspecified atom stereocenters. The van der Waals surface area contributed by atoms with Crippen LogP contribution in [-0.4, -0.2) is 25.1 Å². The number of nitro benzene ring substituents is 1. The molecule has 1 heterocycles. The number of anilines is 1. The van der Waals surface area contributed by atoms with Gasteiger partial charge >= 0.3 is 0 Å². The number of methoxy groups -OCH3 is 2. The molecule has 1 N–H and O–H groups in total. The molecule has 0 aliphatic rings. The smallest absolute Gasteiger partial charge is 0.271 e. The maximum absolute atomic E-state index is 14.3. The molecule has 0 atom stereocenters. The number of nitrogens with one attached hydrogen (secondary N) is 1. The minimum atomic E-state index is -0.569. The van der Waals surface area contributed by atoms with Crippen LogP contribution in [0.1, 0.15) is 15.2 Å². The van der Waals surface area contributed by atoms with Crippen LogP contribution in [0.3, 0.4) is 0 Å². The van der Waals surface area contributed by atoms with Crippen molar-refractivity contribution >= 4 is 38.7 Å². The van der Waals surface area contributed by atoms with Crippen molar-refractivity contribution in [3.8, 4) is 5.75 Å². The maximum atomic E-state index is 14.3. The second-order valence-electron chi connectivity index (χ2n) is 5.55. The summed E-state index contributed by atoms with van der Waals surface area (Å²) in [5, 5.41) is 13.9. The van der Waals surface area contributed by atoms with Gasteiger partial charge in [-0.3, -0.25) is 14.9 Å². The molecule has 3 aromatic rings. The fourth-order valence-electron chi connectivity index (χ4n) is 2.72. The molecule has 0 saturated heterocycles. The van der Waals surface area contributed by atoms with Crippen LogP contribution in [0.2, 0.25) is 0 Å². The number of benzene rings is 2. The summed E-state index contributed by atoms with van der Waals surface area (Å²) in [4.78, 5) is 23.5. The fourth-order valence-corrected chi connectivity index (χ4v) is 3.84. The van der Waals surface area contributed by atoms with Gasteiger partial charge in [0.05, 0.1) is 29.2 Å². The standard InChI is InChI=1S/C18H15FN2O5S/c1-25-9-11-16-12(19)4-3-5-15(16)27-17(11)18(22)20-13-8-10(21(23)24)6-7-14(13)26-2/h3-8H,9H2,1-2H3,(H,20,22). The lowest BCUT2D eigenvalue weighted by molar-refractivity contribution is -0.384. The van der Waals surface area contributed by atoms with E-state index in [1.807, 2.05) is 0 Å². The van der Waals surface area contributed by atoms with E-state index in [4.69, 9.17) is 9.47 Å². The molecule has 0 saturated carbocycles. The van der Waals surface area contributed by atoms with Crippen LogP contribution >= 0.6 is 11.3 Å². The first-order valence-electron chi connectivity index (χ1n) is 7.79. The molecule has 0 radical (unpaired) electrons. The third-order valence-electron chi connectivity index (χ3n) is 3.90. The average molecular weight is 390 g/mol. The minimum Gasteiger partial charge on any atom is -0.495 e. The van der Waals surface area contributed by atoms with Gasteiger partial charge in [-0.2, -0.15) is 0 Å². The van der Waals surface area contributed by atoms with E-state index < -0.39 is 16.6 Å². The number of thiophene rings is 1. The number of amides is 1. The molecule has 0 spiro atoms. The van der Waals surface area contributed by atoms with Gasteiger partial charge in [-0.05, 0) is 18.2 Å². The van der Waals surface area contributed by atoms with Crippen molar-refractivity contribution in [2.45, 2.75) is 6.61 Å². The topological polar surface area (TPSA) is 90.7 Å². The van der Waals surface area contributed by atoms with E-state index >= 15 is 0 Å². The van der Waals surface area contributed by atoms with Gasteiger partial charge in [0.15, 0.2) is 0 Å². The third kappa shape index (κ3) is 3.60. The number of ether oxygens (including phenoxy) is 2. The molecule has 0 aliphatic heterocycles. The number of carbonyl (C=O) groups is 1. The Morgan fingerprint density at radius 3 is 2.74 bits per heavy atom. The molecule has 0 aliphatic carbocycles. The Balaban J connectivity index is 2.04. The van der Waals surface area contributed by atoms with Crippen LogP contribution in [0.5, 0.6) is 5.75 Å². The van der Waals surface area contributed by atoms with E-state index in [0.29, 0.717) is 15.6 Å². The lowest BCUT2D eigenvalue weighted by Gasteiger charge is -2.10. The van der Waals surface area contributed by atoms with Crippen LogP contribution in [0.15, 0.2) is 36.4 Å². The number of halogens is 1. The molecule has 2 aromatic carbocycles. The number of fused-ring (bicyclic) bond motifs is 1. The van der Waals surface area contributed by atoms with Crippen LogP contribution < -0.4 is 10.1 Å². The lowest BCUT2D eigenvalue weighted by Crippen LogP contribution is -2.13. The molecule has 1 amide bonds. The zero-order valence-corrected chi connectivity index (χ0v) is 15.3. The van der Waals surface area contributed by atoms with E-state index in [1.54, 1.807) is 12.1 Å². The first-order chi connectivity index (χ1) is 13.0. The normalized spacial score (nSPS) is 10.8. The molecule has 3 rings (SSSR count). The number of nitrogens with zero attached hydrogens (tertiary/aromatic N) is 1. The summed E-state index contributed by atoms with van der Waals surface area (Å²) in [7, 11) is 2.84. The van der Waals surface area contributed by atoms with Crippen molar-refractivity contribution < 1.29 is 23.6 Å². The van der Waals surface area contributed by atoms with Gasteiger partial charge in [0.25, 0.3) is 11.6 Å². The second-order valence-corrected chi connectivity index (χ2v) is 6.60. The molecule has 7 nitrogen and oxygen atoms in total. The zero-order valence-electron chi connectivity index (χ0n) is 14.4. The Bertz CT molecular complexity index is 1030. The summed E-state index contributed by atoms with van der Waals surface area (Å²) in [6, 6.07) is 8.48. The van der Waals surface area contributed by atoms with E-state index in [9.17, 15) is 19.3 Å². The summed E-state index contributed by atoms with van der Waals surface area (Å²) in [6.45, 7) is 0.0513. The third-order valence-corrected chi connectivity index (χ3v) is 5.10. The first kappa shape index (κ1) is 18.7. The van der Waals surface area contributed by atoms with Crippen molar-refractivity contribution in [2.75, 3.05) is 19.5 Å². The van der Waals surface area contributed by atoms with Gasteiger partial charge in [0.1, 0.15) is 11.6 Å². The van der Waals surface area contributed by atoms with E-state index in [-0.39, 0.29) is 28.6 Å². The quantitative estimate of drug-likeness (QED) is 0.499. The fraction of sp³-hybridized carbons (Fsp3) is 0.167. The van der Waals surface area contributed by atoms with Gasteiger partial charge in [0.2, 0.25) is 0 Å². The van der Waals surface area contributed by atoms with Gasteiger partial charge in [-0.15, -0.1) is 11.3 Å². The van der Waals surface area contributed by atoms with E-state index in [2.05, 4.69) is 5.32 Å². The highest BCUT2D eigenvalue weighted by Gasteiger charge is 2.22. The van der Waals surface area contributed by atoms with Crippen molar-refractivity contribution in [3.63, 3.8) is 0 Å². The minimum absolute atomic E-state index is 0.0513. The van der Waals surface area contributed by atoms with Gasteiger partial charge in [-0.1, -0.05) is 6.07 Å². The lowest BCUT2D eigenvalue weighted by atomic mass is 10.1. The number of rotatable bonds is 6. The monoisotopic (exact) mass is 390 g/mol. The molecule has 9 heteroatoms. The molecule has 27 heavy (non-hydrogen) atoms. The second kappa shape index (κ2) is 7.68. The molecular formula is C18H15FN2O5S. The van der Waals surface area contributed by atoms with Crippen LogP contribution in [0.25, 0.3) is 10.1 Å². The molecule has 1 aromatic heterocycles. The van der Waals surface area contributed by atoms with Crippen molar-refractivity contribution in [1.29, 1.82) is 0 Å². The summed E-state index contributed by atoms with van der Waals surface area (Å²) >= 11 is 1.12. The largest absolute Gasteiger partial charge is 0.495 e. The first-order valence-corrected chi connectivity index (χ1v) is 8.60. The Kier molecular flexibility index (Phi) is 5.33. The molecule has 0 fully saturated rings. The van der Waals surface area contributed by atoms with Crippen molar-refractivity contribution in [2.24, 2.45) is 0 Å². The number of non-ortho nitro benzene ring substituents is 1. The van der Waals surface area contributed by atoms with Crippen molar-refractivity contribution in [3.05, 3.63) is 62.8 Å². The van der Waals surface area contributed by atoms with Crippen LogP contribution in [0.4, 0.5) is 15.8 Å². The Morgan fingerprint density at radius 1 is 1.30 bits per heavy atom. The van der Waals surface area contributed by atoms with Gasteiger partial charge in [-0.25, -0.2) is 4.39 Å². The average Bonchev–Trinajstić information content (AvgIpc) is 3.02. The predicted octanol–water partition coefficient (Wildman–Crippen LogP) is 4.36. The number of nitro groups is 1. The molecule has 140 valence electrons. The Hall–Kier alpha value is -3.04. The number of hydrogen-bond acceptors (Lipinski definition) is 6. The van der Waals surface area contributed by atoms with E-state index in [1.165, 1.54) is 38.5 Å². The molecular weight excluding hydrogens is 375 g/mol. The van der Waals surface area contributed by atoms with Crippen molar-refractivity contribution in [1.82, 2.24) is 0 Å². The summed E-state index contributed by atoms with van der Waals surface area (Å²) in [5.74, 6) is -0.696. The highest BCUT2D eigenvalue weighted by Crippen LogP contribution is 2.35.